The predicted molar refractivity (Wildman–Crippen MR) is 117 cm³/mol. The van der Waals surface area contributed by atoms with Gasteiger partial charge in [0.05, 0.1) is 30.4 Å². The summed E-state index contributed by atoms with van der Waals surface area (Å²) >= 11 is 5.86. The zero-order valence-electron chi connectivity index (χ0n) is 17.2. The Morgan fingerprint density at radius 1 is 1.10 bits per heavy atom. The fourth-order valence-electron chi connectivity index (χ4n) is 2.84. The third-order valence-corrected chi connectivity index (χ3v) is 6.76. The number of nitrogens with zero attached hydrogens (tertiary/aromatic N) is 2. The molecule has 11 heteroatoms. The SMILES string of the molecule is COc1cc2ncnc(Nc3ccc(F)c(Cl)c3)c2cc1OCCCP(=O)(OC)OC. The van der Waals surface area contributed by atoms with E-state index in [1.165, 1.54) is 39.8 Å². The Bertz CT molecular complexity index is 1110. The van der Waals surface area contributed by atoms with Gasteiger partial charge in [-0.25, -0.2) is 14.4 Å². The summed E-state index contributed by atoms with van der Waals surface area (Å²) in [6, 6.07) is 7.76. The normalized spacial score (nSPS) is 11.5. The summed E-state index contributed by atoms with van der Waals surface area (Å²) in [5, 5.41) is 3.78. The summed E-state index contributed by atoms with van der Waals surface area (Å²) < 4.78 is 46.7. The number of halogens is 2. The first-order valence-corrected chi connectivity index (χ1v) is 11.4. The molecule has 0 atom stereocenters. The molecule has 0 fully saturated rings. The third-order valence-electron chi connectivity index (χ3n) is 4.49. The van der Waals surface area contributed by atoms with Crippen LogP contribution in [0.15, 0.2) is 36.7 Å². The summed E-state index contributed by atoms with van der Waals surface area (Å²) in [4.78, 5) is 8.55. The third kappa shape index (κ3) is 5.62. The minimum absolute atomic E-state index is 0.00143. The Balaban J connectivity index is 1.84. The molecule has 0 unspecified atom stereocenters. The number of methoxy groups -OCH3 is 1. The molecule has 166 valence electrons. The van der Waals surface area contributed by atoms with Crippen molar-refractivity contribution < 1.29 is 27.5 Å². The monoisotopic (exact) mass is 469 g/mol. The zero-order valence-corrected chi connectivity index (χ0v) is 18.9. The van der Waals surface area contributed by atoms with E-state index in [1.807, 2.05) is 0 Å². The summed E-state index contributed by atoms with van der Waals surface area (Å²) in [7, 11) is 1.13. The molecule has 1 aromatic heterocycles. The van der Waals surface area contributed by atoms with Gasteiger partial charge in [0, 0.05) is 31.4 Å². The molecular formula is C20H22ClFN3O5P. The van der Waals surface area contributed by atoms with E-state index < -0.39 is 13.4 Å². The van der Waals surface area contributed by atoms with Crippen LogP contribution in [0.3, 0.4) is 0 Å². The van der Waals surface area contributed by atoms with Crippen LogP contribution in [0.25, 0.3) is 10.9 Å². The molecule has 0 radical (unpaired) electrons. The predicted octanol–water partition coefficient (Wildman–Crippen LogP) is 5.43. The van der Waals surface area contributed by atoms with Gasteiger partial charge >= 0.3 is 7.60 Å². The van der Waals surface area contributed by atoms with Crippen LogP contribution in [0.5, 0.6) is 11.5 Å². The molecule has 0 bridgehead atoms. The highest BCUT2D eigenvalue weighted by Crippen LogP contribution is 2.46. The first-order chi connectivity index (χ1) is 14.9. The number of anilines is 2. The van der Waals surface area contributed by atoms with Crippen LogP contribution in [0, 0.1) is 5.82 Å². The van der Waals surface area contributed by atoms with Crippen LogP contribution in [0.2, 0.25) is 5.02 Å². The minimum Gasteiger partial charge on any atom is -0.493 e. The van der Waals surface area contributed by atoms with Gasteiger partial charge in [-0.15, -0.1) is 0 Å². The van der Waals surface area contributed by atoms with Crippen LogP contribution in [-0.2, 0) is 13.6 Å². The second-order valence-electron chi connectivity index (χ2n) is 6.40. The minimum atomic E-state index is -3.09. The molecule has 1 N–H and O–H groups in total. The average Bonchev–Trinajstić information content (AvgIpc) is 2.78. The molecule has 8 nitrogen and oxygen atoms in total. The van der Waals surface area contributed by atoms with E-state index in [9.17, 15) is 8.96 Å². The molecule has 2 aromatic carbocycles. The van der Waals surface area contributed by atoms with Crippen molar-refractivity contribution in [3.63, 3.8) is 0 Å². The largest absolute Gasteiger partial charge is 0.493 e. The van der Waals surface area contributed by atoms with Crippen LogP contribution in [-0.4, -0.2) is 44.1 Å². The van der Waals surface area contributed by atoms with Gasteiger partial charge in [-0.2, -0.15) is 0 Å². The maximum Gasteiger partial charge on any atom is 0.330 e. The smallest absolute Gasteiger partial charge is 0.330 e. The summed E-state index contributed by atoms with van der Waals surface area (Å²) in [5.74, 6) is 0.938. The van der Waals surface area contributed by atoms with E-state index in [-0.39, 0.29) is 17.8 Å². The van der Waals surface area contributed by atoms with Gasteiger partial charge < -0.3 is 23.8 Å². The van der Waals surface area contributed by atoms with E-state index in [0.717, 1.165) is 0 Å². The van der Waals surface area contributed by atoms with Gasteiger partial charge in [-0.3, -0.25) is 4.57 Å². The molecule has 1 heterocycles. The standard InChI is InChI=1S/C20H22ClFN3O5P/c1-27-18-11-17-14(10-19(18)30-7-4-8-31(26,28-2)29-3)20(24-12-23-17)25-13-5-6-16(22)15(21)9-13/h5-6,9-12H,4,7-8H2,1-3H3,(H,23,24,25). The number of fused-ring (bicyclic) bond motifs is 1. The second-order valence-corrected chi connectivity index (χ2v) is 9.20. The zero-order chi connectivity index (χ0) is 22.4. The maximum atomic E-state index is 13.4. The van der Waals surface area contributed by atoms with Gasteiger partial charge in [0.2, 0.25) is 0 Å². The highest BCUT2D eigenvalue weighted by Gasteiger charge is 2.20. The number of rotatable bonds is 10. The molecule has 31 heavy (non-hydrogen) atoms. The van der Waals surface area contributed by atoms with Gasteiger partial charge in [0.1, 0.15) is 18.0 Å². The molecule has 0 amide bonds. The van der Waals surface area contributed by atoms with E-state index in [1.54, 1.807) is 18.2 Å². The van der Waals surface area contributed by atoms with E-state index >= 15 is 0 Å². The van der Waals surface area contributed by atoms with Gasteiger partial charge in [-0.05, 0) is 30.7 Å². The van der Waals surface area contributed by atoms with Crippen molar-refractivity contribution in [2.75, 3.05) is 39.4 Å². The number of ether oxygens (including phenoxy) is 2. The first-order valence-electron chi connectivity index (χ1n) is 9.27. The van der Waals surface area contributed by atoms with Crippen LogP contribution >= 0.6 is 19.2 Å². The fraction of sp³-hybridized carbons (Fsp3) is 0.300. The van der Waals surface area contributed by atoms with Crippen molar-refractivity contribution in [3.8, 4) is 11.5 Å². The van der Waals surface area contributed by atoms with E-state index in [4.69, 9.17) is 30.1 Å². The Labute approximate surface area is 184 Å². The summed E-state index contributed by atoms with van der Waals surface area (Å²) in [5.41, 5.74) is 1.19. The topological polar surface area (TPSA) is 91.8 Å². The maximum absolute atomic E-state index is 13.4. The molecule has 0 spiro atoms. The second kappa shape index (κ2) is 10.2. The summed E-state index contributed by atoms with van der Waals surface area (Å²) in [6.45, 7) is 0.266. The van der Waals surface area contributed by atoms with Gasteiger partial charge in [0.25, 0.3) is 0 Å². The van der Waals surface area contributed by atoms with Crippen molar-refractivity contribution in [2.24, 2.45) is 0 Å². The molecule has 3 rings (SSSR count). The quantitative estimate of drug-likeness (QED) is 0.310. The summed E-state index contributed by atoms with van der Waals surface area (Å²) in [6.07, 6.45) is 2.07. The van der Waals surface area contributed by atoms with E-state index in [0.29, 0.717) is 40.3 Å². The molecule has 0 saturated heterocycles. The number of nitrogens with one attached hydrogen (secondary N) is 1. The Morgan fingerprint density at radius 2 is 1.87 bits per heavy atom. The molecule has 0 aliphatic rings. The Hall–Kier alpha value is -2.45. The molecule has 0 aliphatic heterocycles. The van der Waals surface area contributed by atoms with Gasteiger partial charge in [-0.1, -0.05) is 11.6 Å². The van der Waals surface area contributed by atoms with E-state index in [2.05, 4.69) is 15.3 Å². The van der Waals surface area contributed by atoms with Crippen molar-refractivity contribution in [3.05, 3.63) is 47.5 Å². The lowest BCUT2D eigenvalue weighted by Crippen LogP contribution is -2.04. The van der Waals surface area contributed by atoms with Crippen molar-refractivity contribution >= 4 is 41.6 Å². The highest BCUT2D eigenvalue weighted by atomic mass is 35.5. The highest BCUT2D eigenvalue weighted by molar-refractivity contribution is 7.53. The van der Waals surface area contributed by atoms with Crippen LogP contribution in [0.1, 0.15) is 6.42 Å². The molecule has 3 aromatic rings. The van der Waals surface area contributed by atoms with Crippen molar-refractivity contribution in [2.45, 2.75) is 6.42 Å². The lowest BCUT2D eigenvalue weighted by molar-refractivity contribution is 0.264. The Morgan fingerprint density at radius 3 is 2.55 bits per heavy atom. The first kappa shape index (κ1) is 23.2. The van der Waals surface area contributed by atoms with Gasteiger partial charge in [0.15, 0.2) is 11.5 Å². The molecule has 0 aliphatic carbocycles. The number of hydrogen-bond donors (Lipinski definition) is 1. The van der Waals surface area contributed by atoms with Crippen molar-refractivity contribution in [1.29, 1.82) is 0 Å². The lowest BCUT2D eigenvalue weighted by atomic mass is 10.2. The van der Waals surface area contributed by atoms with Crippen LogP contribution in [0.4, 0.5) is 15.9 Å². The number of aromatic nitrogens is 2. The average molecular weight is 470 g/mol. The molecular weight excluding hydrogens is 448 g/mol. The molecule has 0 saturated carbocycles. The fourth-order valence-corrected chi connectivity index (χ4v) is 4.06. The Kier molecular flexibility index (Phi) is 7.67. The van der Waals surface area contributed by atoms with Crippen molar-refractivity contribution in [1.82, 2.24) is 9.97 Å². The number of hydrogen-bond acceptors (Lipinski definition) is 8. The van der Waals surface area contributed by atoms with Crippen LogP contribution < -0.4 is 14.8 Å². The number of benzene rings is 2. The lowest BCUT2D eigenvalue weighted by Gasteiger charge is -2.15.